The van der Waals surface area contributed by atoms with Crippen LogP contribution < -0.4 is 10.9 Å². The largest absolute Gasteiger partial charge is 0.465 e. The zero-order valence-corrected chi connectivity index (χ0v) is 12.4. The Labute approximate surface area is 126 Å². The summed E-state index contributed by atoms with van der Waals surface area (Å²) < 4.78 is 5.76. The minimum absolute atomic E-state index is 0.0680. The second-order valence-electron chi connectivity index (χ2n) is 4.68. The van der Waals surface area contributed by atoms with Gasteiger partial charge in [-0.25, -0.2) is 9.48 Å². The molecule has 2 aromatic rings. The van der Waals surface area contributed by atoms with Crippen molar-refractivity contribution in [3.63, 3.8) is 0 Å². The second-order valence-corrected chi connectivity index (χ2v) is 4.68. The van der Waals surface area contributed by atoms with E-state index in [1.54, 1.807) is 18.2 Å². The number of anilines is 1. The van der Waals surface area contributed by atoms with E-state index in [4.69, 9.17) is 4.74 Å². The number of nitrogens with one attached hydrogen (secondary N) is 1. The van der Waals surface area contributed by atoms with Gasteiger partial charge in [0, 0.05) is 13.1 Å². The Kier molecular flexibility index (Phi) is 4.36. The van der Waals surface area contributed by atoms with Crippen LogP contribution in [0.25, 0.3) is 0 Å². The number of aromatic nitrogens is 2. The molecule has 0 unspecified atom stereocenters. The number of carbonyl (C=O) groups excluding carboxylic acids is 2. The lowest BCUT2D eigenvalue weighted by Gasteiger charge is -2.10. The van der Waals surface area contributed by atoms with Crippen molar-refractivity contribution in [1.29, 1.82) is 0 Å². The number of amides is 1. The second kappa shape index (κ2) is 6.21. The first-order valence-corrected chi connectivity index (χ1v) is 6.47. The van der Waals surface area contributed by atoms with E-state index in [1.807, 2.05) is 6.92 Å². The van der Waals surface area contributed by atoms with Gasteiger partial charge in [-0.15, -0.1) is 0 Å². The highest BCUT2D eigenvalue weighted by Gasteiger charge is 2.16. The zero-order chi connectivity index (χ0) is 16.3. The number of aryl methyl sites for hydroxylation is 2. The standard InChI is InChI=1S/C15H15N3O4/c1-9-4-5-11(10(8-9)15(21)22-3)16-14(20)12-6-7-13(19)18(2)17-12/h4-8H,1-3H3,(H,16,20). The summed E-state index contributed by atoms with van der Waals surface area (Å²) in [5.74, 6) is -1.07. The maximum absolute atomic E-state index is 12.2. The van der Waals surface area contributed by atoms with Gasteiger partial charge in [0.1, 0.15) is 5.69 Å². The normalized spacial score (nSPS) is 10.1. The van der Waals surface area contributed by atoms with Gasteiger partial charge in [-0.1, -0.05) is 11.6 Å². The molecule has 2 rings (SSSR count). The van der Waals surface area contributed by atoms with E-state index in [9.17, 15) is 14.4 Å². The first-order chi connectivity index (χ1) is 10.4. The van der Waals surface area contributed by atoms with Crippen LogP contribution in [0.4, 0.5) is 5.69 Å². The Morgan fingerprint density at radius 2 is 1.95 bits per heavy atom. The number of carbonyl (C=O) groups is 2. The minimum atomic E-state index is -0.549. The molecule has 0 spiro atoms. The van der Waals surface area contributed by atoms with Gasteiger partial charge in [-0.05, 0) is 25.1 Å². The molecule has 0 saturated carbocycles. The number of benzene rings is 1. The molecule has 7 heteroatoms. The molecule has 0 saturated heterocycles. The zero-order valence-electron chi connectivity index (χ0n) is 12.4. The molecule has 1 amide bonds. The summed E-state index contributed by atoms with van der Waals surface area (Å²) in [4.78, 5) is 35.2. The average Bonchev–Trinajstić information content (AvgIpc) is 2.50. The van der Waals surface area contributed by atoms with Gasteiger partial charge in [0.15, 0.2) is 0 Å². The van der Waals surface area contributed by atoms with E-state index in [-0.39, 0.29) is 16.8 Å². The third kappa shape index (κ3) is 3.20. The van der Waals surface area contributed by atoms with Crippen LogP contribution in [0.1, 0.15) is 26.4 Å². The molecule has 0 bridgehead atoms. The molecule has 7 nitrogen and oxygen atoms in total. The maximum atomic E-state index is 12.2. The first-order valence-electron chi connectivity index (χ1n) is 6.47. The van der Waals surface area contributed by atoms with Crippen molar-refractivity contribution in [3.8, 4) is 0 Å². The van der Waals surface area contributed by atoms with Crippen molar-refractivity contribution in [3.05, 3.63) is 57.5 Å². The molecule has 114 valence electrons. The molecule has 0 atom stereocenters. The van der Waals surface area contributed by atoms with Crippen LogP contribution in [0.2, 0.25) is 0 Å². The predicted octanol–water partition coefficient (Wildman–Crippen LogP) is 1.13. The monoisotopic (exact) mass is 301 g/mol. The number of hydrogen-bond acceptors (Lipinski definition) is 5. The van der Waals surface area contributed by atoms with Gasteiger partial charge in [0.2, 0.25) is 0 Å². The Hall–Kier alpha value is -2.96. The van der Waals surface area contributed by atoms with Crippen molar-refractivity contribution >= 4 is 17.6 Å². The molecule has 0 aliphatic rings. The predicted molar refractivity (Wildman–Crippen MR) is 79.9 cm³/mol. The quantitative estimate of drug-likeness (QED) is 0.858. The average molecular weight is 301 g/mol. The number of esters is 1. The molecular formula is C15H15N3O4. The van der Waals surface area contributed by atoms with Crippen LogP contribution in [-0.4, -0.2) is 28.8 Å². The van der Waals surface area contributed by atoms with Gasteiger partial charge in [0.25, 0.3) is 11.5 Å². The van der Waals surface area contributed by atoms with Crippen LogP contribution in [0.5, 0.6) is 0 Å². The summed E-state index contributed by atoms with van der Waals surface area (Å²) in [6.07, 6.45) is 0. The fourth-order valence-electron chi connectivity index (χ4n) is 1.86. The van der Waals surface area contributed by atoms with Crippen LogP contribution in [0.3, 0.4) is 0 Å². The van der Waals surface area contributed by atoms with Gasteiger partial charge in [-0.2, -0.15) is 5.10 Å². The van der Waals surface area contributed by atoms with Gasteiger partial charge >= 0.3 is 5.97 Å². The van der Waals surface area contributed by atoms with Crippen LogP contribution in [0.15, 0.2) is 35.1 Å². The molecular weight excluding hydrogens is 286 g/mol. The molecule has 1 aromatic heterocycles. The fourth-order valence-corrected chi connectivity index (χ4v) is 1.86. The molecule has 0 radical (unpaired) electrons. The Morgan fingerprint density at radius 1 is 1.23 bits per heavy atom. The molecule has 1 heterocycles. The first kappa shape index (κ1) is 15.4. The van der Waals surface area contributed by atoms with E-state index in [2.05, 4.69) is 10.4 Å². The fraction of sp³-hybridized carbons (Fsp3) is 0.200. The summed E-state index contributed by atoms with van der Waals surface area (Å²) in [6.45, 7) is 1.83. The van der Waals surface area contributed by atoms with Gasteiger partial charge in [0.05, 0.1) is 18.4 Å². The lowest BCUT2D eigenvalue weighted by Crippen LogP contribution is -2.24. The highest BCUT2D eigenvalue weighted by molar-refractivity contribution is 6.07. The van der Waals surface area contributed by atoms with Crippen LogP contribution in [-0.2, 0) is 11.8 Å². The van der Waals surface area contributed by atoms with Crippen molar-refractivity contribution < 1.29 is 14.3 Å². The minimum Gasteiger partial charge on any atom is -0.465 e. The molecule has 0 aliphatic carbocycles. The molecule has 1 N–H and O–H groups in total. The van der Waals surface area contributed by atoms with E-state index in [1.165, 1.54) is 26.3 Å². The Bertz CT molecular complexity index is 796. The SMILES string of the molecule is COC(=O)c1cc(C)ccc1NC(=O)c1ccc(=O)n(C)n1. The summed E-state index contributed by atoms with van der Waals surface area (Å²) in [6, 6.07) is 7.56. The number of methoxy groups -OCH3 is 1. The highest BCUT2D eigenvalue weighted by Crippen LogP contribution is 2.19. The lowest BCUT2D eigenvalue weighted by molar-refractivity contribution is 0.0602. The highest BCUT2D eigenvalue weighted by atomic mass is 16.5. The number of rotatable bonds is 3. The van der Waals surface area contributed by atoms with Crippen molar-refractivity contribution in [2.24, 2.45) is 7.05 Å². The molecule has 22 heavy (non-hydrogen) atoms. The third-order valence-electron chi connectivity index (χ3n) is 3.02. The Balaban J connectivity index is 2.33. The smallest absolute Gasteiger partial charge is 0.339 e. The third-order valence-corrected chi connectivity index (χ3v) is 3.02. The van der Waals surface area contributed by atoms with E-state index in [0.29, 0.717) is 5.69 Å². The summed E-state index contributed by atoms with van der Waals surface area (Å²) in [7, 11) is 2.72. The van der Waals surface area contributed by atoms with Gasteiger partial charge in [-0.3, -0.25) is 9.59 Å². The van der Waals surface area contributed by atoms with Crippen LogP contribution in [0, 0.1) is 6.92 Å². The van der Waals surface area contributed by atoms with Crippen LogP contribution >= 0.6 is 0 Å². The van der Waals surface area contributed by atoms with Crippen molar-refractivity contribution in [1.82, 2.24) is 9.78 Å². The number of hydrogen-bond donors (Lipinski definition) is 1. The Morgan fingerprint density at radius 3 is 2.59 bits per heavy atom. The van der Waals surface area contributed by atoms with E-state index >= 15 is 0 Å². The van der Waals surface area contributed by atoms with Crippen molar-refractivity contribution in [2.45, 2.75) is 6.92 Å². The lowest BCUT2D eigenvalue weighted by atomic mass is 10.1. The van der Waals surface area contributed by atoms with Crippen molar-refractivity contribution in [2.75, 3.05) is 12.4 Å². The molecule has 0 aliphatic heterocycles. The number of ether oxygens (including phenoxy) is 1. The van der Waals surface area contributed by atoms with E-state index in [0.717, 1.165) is 10.2 Å². The maximum Gasteiger partial charge on any atom is 0.339 e. The number of nitrogens with zero attached hydrogens (tertiary/aromatic N) is 2. The summed E-state index contributed by atoms with van der Waals surface area (Å²) in [5, 5.41) is 6.46. The summed E-state index contributed by atoms with van der Waals surface area (Å²) in [5.41, 5.74) is 1.18. The molecule has 1 aromatic carbocycles. The topological polar surface area (TPSA) is 90.3 Å². The van der Waals surface area contributed by atoms with E-state index < -0.39 is 11.9 Å². The van der Waals surface area contributed by atoms with Gasteiger partial charge < -0.3 is 10.1 Å². The molecule has 0 fully saturated rings. The summed E-state index contributed by atoms with van der Waals surface area (Å²) >= 11 is 0.